The highest BCUT2D eigenvalue weighted by molar-refractivity contribution is 5.97. The third kappa shape index (κ3) is 4.81. The zero-order valence-corrected chi connectivity index (χ0v) is 20.8. The molecule has 0 saturated heterocycles. The maximum absolute atomic E-state index is 14.1. The Morgan fingerprint density at radius 1 is 1.11 bits per heavy atom. The number of Topliss-reactive ketones (excluding diaryl/α,β-unsaturated/α-hetero) is 1. The van der Waals surface area contributed by atoms with Crippen molar-refractivity contribution in [1.82, 2.24) is 9.38 Å². The number of imidazole rings is 1. The summed E-state index contributed by atoms with van der Waals surface area (Å²) in [7, 11) is 1.60. The van der Waals surface area contributed by atoms with E-state index in [0.717, 1.165) is 16.9 Å². The molecule has 36 heavy (non-hydrogen) atoms. The molecule has 2 aromatic carbocycles. The summed E-state index contributed by atoms with van der Waals surface area (Å²) in [4.78, 5) is 18.2. The monoisotopic (exact) mass is 493 g/mol. The molecular formula is C28H29F2N3O3. The summed E-state index contributed by atoms with van der Waals surface area (Å²) in [6.45, 7) is 5.51. The number of rotatable bonds is 9. The Kier molecular flexibility index (Phi) is 7.08. The number of aromatic nitrogens is 2. The summed E-state index contributed by atoms with van der Waals surface area (Å²) in [5.74, 6) is -0.445. The third-order valence-electron chi connectivity index (χ3n) is 6.48. The highest BCUT2D eigenvalue weighted by Gasteiger charge is 2.31. The van der Waals surface area contributed by atoms with Gasteiger partial charge in [0.15, 0.2) is 17.2 Å². The number of ketones is 1. The lowest BCUT2D eigenvalue weighted by atomic mass is 9.77. The standard InChI is InChI=1S/C28H29F2N3O3/c1-17-12-25(36-15-21-22(29)6-5-7-23(21)30)27-32-18(2)26(33(27)14-17)24(34)13-28(3,16-31)19-8-10-20(35-4)11-9-19/h5-12,14H,13,15-16,31H2,1-4H3. The molecule has 4 aromatic rings. The van der Waals surface area contributed by atoms with Crippen LogP contribution >= 0.6 is 0 Å². The molecule has 2 heterocycles. The molecule has 2 aromatic heterocycles. The van der Waals surface area contributed by atoms with Crippen LogP contribution in [0.1, 0.15) is 46.2 Å². The molecule has 4 rings (SSSR count). The zero-order chi connectivity index (χ0) is 26.0. The van der Waals surface area contributed by atoms with Gasteiger partial charge in [0.1, 0.15) is 29.7 Å². The van der Waals surface area contributed by atoms with E-state index in [0.29, 0.717) is 22.8 Å². The summed E-state index contributed by atoms with van der Waals surface area (Å²) >= 11 is 0. The summed E-state index contributed by atoms with van der Waals surface area (Å²) in [6, 6.07) is 12.9. The molecule has 0 bridgehead atoms. The number of carbonyl (C=O) groups excluding carboxylic acids is 1. The fraction of sp³-hybridized carbons (Fsp3) is 0.286. The van der Waals surface area contributed by atoms with Gasteiger partial charge in [-0.3, -0.25) is 9.20 Å². The van der Waals surface area contributed by atoms with Gasteiger partial charge >= 0.3 is 0 Å². The molecule has 0 aliphatic heterocycles. The van der Waals surface area contributed by atoms with Crippen LogP contribution in [0.15, 0.2) is 54.7 Å². The number of nitrogens with two attached hydrogens (primary N) is 1. The Hall–Kier alpha value is -3.78. The fourth-order valence-corrected chi connectivity index (χ4v) is 4.34. The first-order chi connectivity index (χ1) is 17.2. The fourth-order valence-electron chi connectivity index (χ4n) is 4.34. The van der Waals surface area contributed by atoms with Crippen LogP contribution in [0.25, 0.3) is 5.65 Å². The maximum atomic E-state index is 14.1. The van der Waals surface area contributed by atoms with E-state index < -0.39 is 17.0 Å². The number of fused-ring (bicyclic) bond motifs is 1. The first-order valence-corrected chi connectivity index (χ1v) is 11.6. The predicted molar refractivity (Wildman–Crippen MR) is 134 cm³/mol. The molecule has 0 amide bonds. The Morgan fingerprint density at radius 3 is 2.39 bits per heavy atom. The van der Waals surface area contributed by atoms with Crippen molar-refractivity contribution in [3.05, 3.63) is 94.4 Å². The molecule has 188 valence electrons. The van der Waals surface area contributed by atoms with Crippen LogP contribution in [0, 0.1) is 25.5 Å². The van der Waals surface area contributed by atoms with Crippen LogP contribution in [0.2, 0.25) is 0 Å². The second-order valence-corrected chi connectivity index (χ2v) is 9.20. The van der Waals surface area contributed by atoms with Crippen molar-refractivity contribution in [1.29, 1.82) is 0 Å². The summed E-state index contributed by atoms with van der Waals surface area (Å²) < 4.78 is 40.9. The van der Waals surface area contributed by atoms with E-state index in [2.05, 4.69) is 4.98 Å². The van der Waals surface area contributed by atoms with E-state index in [-0.39, 0.29) is 30.9 Å². The number of halogens is 2. The molecule has 1 atom stereocenters. The number of ether oxygens (including phenoxy) is 2. The molecule has 2 N–H and O–H groups in total. The Labute approximate surface area is 208 Å². The van der Waals surface area contributed by atoms with Gasteiger partial charge < -0.3 is 15.2 Å². The largest absolute Gasteiger partial charge is 0.497 e. The highest BCUT2D eigenvalue weighted by atomic mass is 19.1. The molecule has 0 radical (unpaired) electrons. The van der Waals surface area contributed by atoms with E-state index in [1.807, 2.05) is 38.1 Å². The van der Waals surface area contributed by atoms with Gasteiger partial charge in [-0.1, -0.05) is 25.1 Å². The second-order valence-electron chi connectivity index (χ2n) is 9.20. The van der Waals surface area contributed by atoms with Crippen LogP contribution in [-0.4, -0.2) is 28.8 Å². The Balaban J connectivity index is 1.67. The van der Waals surface area contributed by atoms with Crippen LogP contribution in [-0.2, 0) is 12.0 Å². The number of hydrogen-bond donors (Lipinski definition) is 1. The molecule has 8 heteroatoms. The lowest BCUT2D eigenvalue weighted by molar-refractivity contribution is 0.0948. The van der Waals surface area contributed by atoms with Gasteiger partial charge in [-0.25, -0.2) is 13.8 Å². The number of hydrogen-bond acceptors (Lipinski definition) is 5. The SMILES string of the molecule is COc1ccc(C(C)(CN)CC(=O)c2c(C)nc3c(OCc4c(F)cccc4F)cc(C)cn23)cc1. The number of nitrogens with zero attached hydrogens (tertiary/aromatic N) is 2. The smallest absolute Gasteiger partial charge is 0.182 e. The van der Waals surface area contributed by atoms with E-state index in [1.165, 1.54) is 18.2 Å². The molecule has 6 nitrogen and oxygen atoms in total. The second kappa shape index (κ2) is 10.1. The highest BCUT2D eigenvalue weighted by Crippen LogP contribution is 2.32. The number of pyridine rings is 1. The molecule has 0 fully saturated rings. The zero-order valence-electron chi connectivity index (χ0n) is 20.8. The van der Waals surface area contributed by atoms with Crippen molar-refractivity contribution in [3.8, 4) is 11.5 Å². The van der Waals surface area contributed by atoms with Crippen molar-refractivity contribution in [3.63, 3.8) is 0 Å². The normalized spacial score (nSPS) is 13.0. The number of benzene rings is 2. The Morgan fingerprint density at radius 2 is 1.78 bits per heavy atom. The van der Waals surface area contributed by atoms with Crippen molar-refractivity contribution in [2.75, 3.05) is 13.7 Å². The van der Waals surface area contributed by atoms with Crippen molar-refractivity contribution < 1.29 is 23.0 Å². The van der Waals surface area contributed by atoms with Gasteiger partial charge in [0.05, 0.1) is 18.4 Å². The number of methoxy groups -OCH3 is 1. The average Bonchev–Trinajstić information content (AvgIpc) is 3.19. The van der Waals surface area contributed by atoms with Crippen LogP contribution < -0.4 is 15.2 Å². The van der Waals surface area contributed by atoms with Gasteiger partial charge in [-0.15, -0.1) is 0 Å². The number of carbonyl (C=O) groups is 1. The topological polar surface area (TPSA) is 78.9 Å². The van der Waals surface area contributed by atoms with Gasteiger partial charge in [0.25, 0.3) is 0 Å². The minimum Gasteiger partial charge on any atom is -0.497 e. The molecule has 0 saturated carbocycles. The minimum atomic E-state index is -0.686. The minimum absolute atomic E-state index is 0.125. The van der Waals surface area contributed by atoms with Gasteiger partial charge in [0.2, 0.25) is 0 Å². The third-order valence-corrected chi connectivity index (χ3v) is 6.48. The first kappa shape index (κ1) is 25.3. The quantitative estimate of drug-likeness (QED) is 0.320. The summed E-state index contributed by atoms with van der Waals surface area (Å²) in [6.07, 6.45) is 1.96. The predicted octanol–water partition coefficient (Wildman–Crippen LogP) is 5.31. The number of aryl methyl sites for hydroxylation is 2. The molecule has 0 aliphatic rings. The maximum Gasteiger partial charge on any atom is 0.182 e. The van der Waals surface area contributed by atoms with Crippen molar-refractivity contribution >= 4 is 11.4 Å². The van der Waals surface area contributed by atoms with Crippen LogP contribution in [0.5, 0.6) is 11.5 Å². The van der Waals surface area contributed by atoms with Crippen LogP contribution in [0.3, 0.4) is 0 Å². The van der Waals surface area contributed by atoms with Crippen molar-refractivity contribution in [2.45, 2.75) is 39.2 Å². The van der Waals surface area contributed by atoms with E-state index >= 15 is 0 Å². The lowest BCUT2D eigenvalue weighted by Crippen LogP contribution is -2.34. The first-order valence-electron chi connectivity index (χ1n) is 11.6. The van der Waals surface area contributed by atoms with Gasteiger partial charge in [0, 0.05) is 24.6 Å². The van der Waals surface area contributed by atoms with Crippen molar-refractivity contribution in [2.24, 2.45) is 5.73 Å². The lowest BCUT2D eigenvalue weighted by Gasteiger charge is -2.28. The molecule has 0 spiro atoms. The molecule has 1 unspecified atom stereocenters. The van der Waals surface area contributed by atoms with Gasteiger partial charge in [-0.2, -0.15) is 0 Å². The summed E-state index contributed by atoms with van der Waals surface area (Å²) in [5, 5.41) is 0. The van der Waals surface area contributed by atoms with Crippen LogP contribution in [0.4, 0.5) is 8.78 Å². The van der Waals surface area contributed by atoms with E-state index in [4.69, 9.17) is 15.2 Å². The van der Waals surface area contributed by atoms with Gasteiger partial charge in [-0.05, 0) is 55.3 Å². The van der Waals surface area contributed by atoms with E-state index in [1.54, 1.807) is 30.7 Å². The molecule has 0 aliphatic carbocycles. The van der Waals surface area contributed by atoms with E-state index in [9.17, 15) is 13.6 Å². The Bertz CT molecular complexity index is 1400. The molecular weight excluding hydrogens is 464 g/mol. The summed E-state index contributed by atoms with van der Waals surface area (Å²) in [5.41, 5.74) is 8.44. The average molecular weight is 494 g/mol.